The van der Waals surface area contributed by atoms with Crippen molar-refractivity contribution in [2.75, 3.05) is 19.4 Å². The second-order valence-corrected chi connectivity index (χ2v) is 7.13. The molecule has 5 nitrogen and oxygen atoms in total. The van der Waals surface area contributed by atoms with E-state index < -0.39 is 0 Å². The van der Waals surface area contributed by atoms with Crippen LogP contribution < -0.4 is 5.32 Å². The van der Waals surface area contributed by atoms with Crippen molar-refractivity contribution in [2.24, 2.45) is 0 Å². The fourth-order valence-electron chi connectivity index (χ4n) is 2.69. The van der Waals surface area contributed by atoms with E-state index in [1.54, 1.807) is 16.2 Å². The largest absolute Gasteiger partial charge is 0.373 e. The molecule has 0 aliphatic rings. The molecule has 0 saturated heterocycles. The molecule has 2 aromatic heterocycles. The van der Waals surface area contributed by atoms with Crippen LogP contribution in [0.4, 0.5) is 5.82 Å². The van der Waals surface area contributed by atoms with E-state index in [2.05, 4.69) is 21.4 Å². The topological polar surface area (TPSA) is 58.1 Å². The summed E-state index contributed by atoms with van der Waals surface area (Å²) in [5.41, 5.74) is 2.43. The molecule has 0 unspecified atom stereocenters. The van der Waals surface area contributed by atoms with Crippen LogP contribution in [-0.4, -0.2) is 34.9 Å². The molecule has 0 aliphatic carbocycles. The first-order valence-corrected chi connectivity index (χ1v) is 9.32. The molecule has 1 atom stereocenters. The standard InChI is InChI=1S/C20H22N4OS/c1-13-12-18(21-3)23-19(22-13)15-7-9-16(10-8-15)20(25)24(4)14(2)17-6-5-11-26-17/h5-12,14H,1-4H3,(H,21,22,23)/t14-/m0/s1. The highest BCUT2D eigenvalue weighted by atomic mass is 32.1. The lowest BCUT2D eigenvalue weighted by Gasteiger charge is -2.24. The van der Waals surface area contributed by atoms with Gasteiger partial charge in [-0.05, 0) is 37.4 Å². The fraction of sp³-hybridized carbons (Fsp3) is 0.250. The number of carbonyl (C=O) groups excluding carboxylic acids is 1. The SMILES string of the molecule is CNc1cc(C)nc(-c2ccc(C(=O)N(C)[C@@H](C)c3cccs3)cc2)n1. The van der Waals surface area contributed by atoms with Gasteiger partial charge in [0, 0.05) is 41.9 Å². The van der Waals surface area contributed by atoms with E-state index in [4.69, 9.17) is 0 Å². The average molecular weight is 366 g/mol. The maximum absolute atomic E-state index is 12.8. The smallest absolute Gasteiger partial charge is 0.254 e. The molecule has 134 valence electrons. The number of amides is 1. The Balaban J connectivity index is 1.81. The summed E-state index contributed by atoms with van der Waals surface area (Å²) in [5, 5.41) is 5.07. The van der Waals surface area contributed by atoms with Crippen LogP contribution in [0, 0.1) is 6.92 Å². The molecule has 0 saturated carbocycles. The molecule has 26 heavy (non-hydrogen) atoms. The van der Waals surface area contributed by atoms with E-state index in [1.165, 1.54) is 4.88 Å². The highest BCUT2D eigenvalue weighted by molar-refractivity contribution is 7.10. The van der Waals surface area contributed by atoms with E-state index in [0.717, 1.165) is 17.1 Å². The minimum absolute atomic E-state index is 0.00137. The number of hydrogen-bond donors (Lipinski definition) is 1. The van der Waals surface area contributed by atoms with Crippen LogP contribution in [0.1, 0.15) is 33.9 Å². The van der Waals surface area contributed by atoms with E-state index in [-0.39, 0.29) is 11.9 Å². The van der Waals surface area contributed by atoms with Gasteiger partial charge in [-0.15, -0.1) is 11.3 Å². The molecular weight excluding hydrogens is 344 g/mol. The van der Waals surface area contributed by atoms with Crippen LogP contribution in [-0.2, 0) is 0 Å². The zero-order chi connectivity index (χ0) is 18.7. The van der Waals surface area contributed by atoms with Gasteiger partial charge in [0.1, 0.15) is 5.82 Å². The Hall–Kier alpha value is -2.73. The lowest BCUT2D eigenvalue weighted by atomic mass is 10.1. The van der Waals surface area contributed by atoms with E-state index in [0.29, 0.717) is 11.4 Å². The Bertz CT molecular complexity index is 891. The first kappa shape index (κ1) is 18.1. The maximum Gasteiger partial charge on any atom is 0.254 e. The van der Waals surface area contributed by atoms with Crippen molar-refractivity contribution in [2.45, 2.75) is 19.9 Å². The van der Waals surface area contributed by atoms with Crippen LogP contribution >= 0.6 is 11.3 Å². The Morgan fingerprint density at radius 1 is 1.19 bits per heavy atom. The first-order chi connectivity index (χ1) is 12.5. The summed E-state index contributed by atoms with van der Waals surface area (Å²) in [6.07, 6.45) is 0. The molecule has 6 heteroatoms. The third-order valence-corrected chi connectivity index (χ3v) is 5.40. The molecule has 1 aromatic carbocycles. The van der Waals surface area contributed by atoms with Crippen molar-refractivity contribution in [3.8, 4) is 11.4 Å². The molecular formula is C20H22N4OS. The summed E-state index contributed by atoms with van der Waals surface area (Å²) in [6.45, 7) is 3.98. The van der Waals surface area contributed by atoms with Gasteiger partial charge in [0.15, 0.2) is 5.82 Å². The summed E-state index contributed by atoms with van der Waals surface area (Å²) >= 11 is 1.66. The lowest BCUT2D eigenvalue weighted by Crippen LogP contribution is -2.29. The molecule has 1 amide bonds. The Labute approximate surface area is 157 Å². The molecule has 0 radical (unpaired) electrons. The Morgan fingerprint density at radius 3 is 2.54 bits per heavy atom. The van der Waals surface area contributed by atoms with E-state index in [1.807, 2.05) is 69.7 Å². The molecule has 3 rings (SSSR count). The maximum atomic E-state index is 12.8. The Kier molecular flexibility index (Phi) is 5.32. The molecule has 0 aliphatic heterocycles. The van der Waals surface area contributed by atoms with Gasteiger partial charge in [0.2, 0.25) is 0 Å². The van der Waals surface area contributed by atoms with Crippen molar-refractivity contribution in [1.82, 2.24) is 14.9 Å². The van der Waals surface area contributed by atoms with E-state index >= 15 is 0 Å². The number of aromatic nitrogens is 2. The fourth-order valence-corrected chi connectivity index (χ4v) is 3.51. The predicted molar refractivity (Wildman–Crippen MR) is 107 cm³/mol. The molecule has 0 fully saturated rings. The number of nitrogens with zero attached hydrogens (tertiary/aromatic N) is 3. The van der Waals surface area contributed by atoms with Gasteiger partial charge >= 0.3 is 0 Å². The number of aryl methyl sites for hydroxylation is 1. The summed E-state index contributed by atoms with van der Waals surface area (Å²) < 4.78 is 0. The van der Waals surface area contributed by atoms with Gasteiger partial charge in [0.05, 0.1) is 6.04 Å². The van der Waals surface area contributed by atoms with Crippen LogP contribution in [0.25, 0.3) is 11.4 Å². The van der Waals surface area contributed by atoms with Crippen molar-refractivity contribution in [3.05, 3.63) is 64.0 Å². The van der Waals surface area contributed by atoms with E-state index in [9.17, 15) is 4.79 Å². The first-order valence-electron chi connectivity index (χ1n) is 8.44. The number of nitrogens with one attached hydrogen (secondary N) is 1. The number of benzene rings is 1. The monoisotopic (exact) mass is 366 g/mol. The summed E-state index contributed by atoms with van der Waals surface area (Å²) in [5.74, 6) is 1.42. The third kappa shape index (κ3) is 3.75. The highest BCUT2D eigenvalue weighted by Gasteiger charge is 2.19. The summed E-state index contributed by atoms with van der Waals surface area (Å²) in [7, 11) is 3.67. The predicted octanol–water partition coefficient (Wildman–Crippen LogP) is 4.39. The molecule has 2 heterocycles. The number of hydrogen-bond acceptors (Lipinski definition) is 5. The van der Waals surface area contributed by atoms with Crippen molar-refractivity contribution >= 4 is 23.1 Å². The van der Waals surface area contributed by atoms with Gasteiger partial charge in [0.25, 0.3) is 5.91 Å². The van der Waals surface area contributed by atoms with Crippen molar-refractivity contribution in [3.63, 3.8) is 0 Å². The normalized spacial score (nSPS) is 11.8. The minimum atomic E-state index is -0.00137. The van der Waals surface area contributed by atoms with Crippen LogP contribution in [0.2, 0.25) is 0 Å². The number of anilines is 1. The number of thiophene rings is 1. The third-order valence-electron chi connectivity index (χ3n) is 4.36. The Morgan fingerprint density at radius 2 is 1.92 bits per heavy atom. The molecule has 1 N–H and O–H groups in total. The highest BCUT2D eigenvalue weighted by Crippen LogP contribution is 2.25. The van der Waals surface area contributed by atoms with Crippen molar-refractivity contribution < 1.29 is 4.79 Å². The molecule has 3 aromatic rings. The zero-order valence-electron chi connectivity index (χ0n) is 15.4. The van der Waals surface area contributed by atoms with Gasteiger partial charge in [-0.25, -0.2) is 9.97 Å². The van der Waals surface area contributed by atoms with Crippen LogP contribution in [0.3, 0.4) is 0 Å². The van der Waals surface area contributed by atoms with Crippen molar-refractivity contribution in [1.29, 1.82) is 0 Å². The summed E-state index contributed by atoms with van der Waals surface area (Å²) in [4.78, 5) is 24.7. The van der Waals surface area contributed by atoms with Gasteiger partial charge < -0.3 is 10.2 Å². The lowest BCUT2D eigenvalue weighted by molar-refractivity contribution is 0.0745. The van der Waals surface area contributed by atoms with Crippen LogP contribution in [0.15, 0.2) is 47.8 Å². The van der Waals surface area contributed by atoms with Gasteiger partial charge in [-0.1, -0.05) is 18.2 Å². The minimum Gasteiger partial charge on any atom is -0.373 e. The molecule has 0 bridgehead atoms. The number of rotatable bonds is 5. The van der Waals surface area contributed by atoms with Gasteiger partial charge in [-0.3, -0.25) is 4.79 Å². The second kappa shape index (κ2) is 7.66. The van der Waals surface area contributed by atoms with Gasteiger partial charge in [-0.2, -0.15) is 0 Å². The zero-order valence-corrected chi connectivity index (χ0v) is 16.2. The summed E-state index contributed by atoms with van der Waals surface area (Å²) in [6, 6.07) is 13.4. The average Bonchev–Trinajstić information content (AvgIpc) is 3.20. The van der Waals surface area contributed by atoms with Crippen LogP contribution in [0.5, 0.6) is 0 Å². The second-order valence-electron chi connectivity index (χ2n) is 6.15. The quantitative estimate of drug-likeness (QED) is 0.728. The number of carbonyl (C=O) groups is 1. The molecule has 0 spiro atoms.